The number of aromatic nitrogens is 5. The molecule has 0 aliphatic carbocycles. The van der Waals surface area contributed by atoms with E-state index in [1.807, 2.05) is 24.3 Å². The Morgan fingerprint density at radius 2 is 1.24 bits per heavy atom. The van der Waals surface area contributed by atoms with Gasteiger partial charge in [0.1, 0.15) is 11.6 Å². The lowest BCUT2D eigenvalue weighted by Crippen LogP contribution is -2.16. The summed E-state index contributed by atoms with van der Waals surface area (Å²) in [5.74, 6) is 1.43. The van der Waals surface area contributed by atoms with Crippen molar-refractivity contribution in [2.75, 3.05) is 4.90 Å². The molecule has 0 saturated carbocycles. The fraction of sp³-hybridized carbons (Fsp3) is 0. The topological polar surface area (TPSA) is 67.7 Å². The molecule has 6 nitrogen and oxygen atoms in total. The van der Waals surface area contributed by atoms with Crippen LogP contribution in [0.15, 0.2) is 48.8 Å². The Labute approximate surface area is 130 Å². The minimum atomic E-state index is 0.00172. The fourth-order valence-corrected chi connectivity index (χ4v) is 2.07. The Hall–Kier alpha value is -2.31. The molecule has 0 N–H and O–H groups in total. The summed E-state index contributed by atoms with van der Waals surface area (Å²) in [6.07, 6.45) is 3.32. The minimum Gasteiger partial charge on any atom is -0.246 e. The molecular formula is C13H8Cl2N6. The van der Waals surface area contributed by atoms with Gasteiger partial charge in [0.15, 0.2) is 0 Å². The van der Waals surface area contributed by atoms with Crippen LogP contribution in [-0.4, -0.2) is 24.9 Å². The van der Waals surface area contributed by atoms with Crippen molar-refractivity contribution in [3.63, 3.8) is 0 Å². The quantitative estimate of drug-likeness (QED) is 0.737. The van der Waals surface area contributed by atoms with E-state index in [0.717, 1.165) is 0 Å². The summed E-state index contributed by atoms with van der Waals surface area (Å²) in [6.45, 7) is 0. The molecule has 3 rings (SSSR count). The zero-order chi connectivity index (χ0) is 14.7. The van der Waals surface area contributed by atoms with Crippen molar-refractivity contribution in [3.8, 4) is 0 Å². The average Bonchev–Trinajstić information content (AvgIpc) is 2.49. The largest absolute Gasteiger partial charge is 0.246 e. The summed E-state index contributed by atoms with van der Waals surface area (Å²) >= 11 is 11.7. The molecule has 0 unspecified atom stereocenters. The van der Waals surface area contributed by atoms with Crippen LogP contribution in [0.25, 0.3) is 0 Å². The molecule has 0 aliphatic heterocycles. The van der Waals surface area contributed by atoms with Crippen LogP contribution in [0.5, 0.6) is 0 Å². The maximum atomic E-state index is 5.85. The second-order valence-corrected chi connectivity index (χ2v) is 4.56. The lowest BCUT2D eigenvalue weighted by atomic mass is 10.4. The Morgan fingerprint density at radius 1 is 0.714 bits per heavy atom. The fourth-order valence-electron chi connectivity index (χ4n) is 1.71. The first-order valence-electron chi connectivity index (χ1n) is 5.93. The number of nitrogens with zero attached hydrogens (tertiary/aromatic N) is 6. The van der Waals surface area contributed by atoms with Gasteiger partial charge in [-0.05, 0) is 47.5 Å². The second kappa shape index (κ2) is 5.99. The summed E-state index contributed by atoms with van der Waals surface area (Å²) in [6, 6.07) is 10.9. The standard InChI is InChI=1S/C13H8Cl2N6/c14-11-18-12(15)20-13(19-11)21(9-5-1-3-7-16-9)10-6-2-4-8-17-10/h1-8H. The first-order valence-corrected chi connectivity index (χ1v) is 6.69. The van der Waals surface area contributed by atoms with E-state index in [0.29, 0.717) is 11.6 Å². The van der Waals surface area contributed by atoms with E-state index in [1.54, 1.807) is 29.4 Å². The van der Waals surface area contributed by atoms with Crippen molar-refractivity contribution in [2.24, 2.45) is 0 Å². The molecular weight excluding hydrogens is 311 g/mol. The summed E-state index contributed by atoms with van der Waals surface area (Å²) in [4.78, 5) is 22.1. The van der Waals surface area contributed by atoms with Gasteiger partial charge in [-0.15, -0.1) is 0 Å². The van der Waals surface area contributed by atoms with Crippen LogP contribution in [0.2, 0.25) is 10.6 Å². The first kappa shape index (κ1) is 13.7. The van der Waals surface area contributed by atoms with E-state index < -0.39 is 0 Å². The van der Waals surface area contributed by atoms with E-state index in [4.69, 9.17) is 23.2 Å². The first-order chi connectivity index (χ1) is 10.2. The zero-order valence-corrected chi connectivity index (χ0v) is 12.1. The summed E-state index contributed by atoms with van der Waals surface area (Å²) < 4.78 is 0. The third-order valence-corrected chi connectivity index (χ3v) is 2.86. The number of pyridine rings is 2. The van der Waals surface area contributed by atoms with E-state index in [9.17, 15) is 0 Å². The van der Waals surface area contributed by atoms with Crippen LogP contribution in [0, 0.1) is 0 Å². The third kappa shape index (κ3) is 3.07. The Kier molecular flexibility index (Phi) is 3.89. The van der Waals surface area contributed by atoms with Crippen molar-refractivity contribution in [1.82, 2.24) is 24.9 Å². The van der Waals surface area contributed by atoms with Gasteiger partial charge in [-0.2, -0.15) is 15.0 Å². The predicted molar refractivity (Wildman–Crippen MR) is 80.1 cm³/mol. The molecule has 21 heavy (non-hydrogen) atoms. The van der Waals surface area contributed by atoms with Gasteiger partial charge in [0, 0.05) is 12.4 Å². The Bertz CT molecular complexity index is 678. The van der Waals surface area contributed by atoms with Crippen molar-refractivity contribution in [3.05, 3.63) is 59.4 Å². The molecule has 0 atom stereocenters. The van der Waals surface area contributed by atoms with Crippen molar-refractivity contribution in [1.29, 1.82) is 0 Å². The van der Waals surface area contributed by atoms with Crippen LogP contribution >= 0.6 is 23.2 Å². The number of hydrogen-bond acceptors (Lipinski definition) is 6. The van der Waals surface area contributed by atoms with Gasteiger partial charge in [-0.3, -0.25) is 0 Å². The van der Waals surface area contributed by atoms with Crippen molar-refractivity contribution in [2.45, 2.75) is 0 Å². The van der Waals surface area contributed by atoms with E-state index in [-0.39, 0.29) is 16.5 Å². The monoisotopic (exact) mass is 318 g/mol. The number of halogens is 2. The molecule has 8 heteroatoms. The maximum Gasteiger partial charge on any atom is 0.242 e. The molecule has 3 aromatic heterocycles. The third-order valence-electron chi connectivity index (χ3n) is 2.53. The maximum absolute atomic E-state index is 5.85. The smallest absolute Gasteiger partial charge is 0.242 e. The SMILES string of the molecule is Clc1nc(Cl)nc(N(c2ccccn2)c2ccccn2)n1. The highest BCUT2D eigenvalue weighted by atomic mass is 35.5. The summed E-state index contributed by atoms with van der Waals surface area (Å²) in [5.41, 5.74) is 0. The van der Waals surface area contributed by atoms with Gasteiger partial charge >= 0.3 is 0 Å². The van der Waals surface area contributed by atoms with E-state index in [2.05, 4.69) is 24.9 Å². The number of hydrogen-bond donors (Lipinski definition) is 0. The molecule has 104 valence electrons. The molecule has 3 aromatic rings. The summed E-state index contributed by atoms with van der Waals surface area (Å²) in [5, 5.41) is 0.00345. The molecule has 0 saturated heterocycles. The lowest BCUT2D eigenvalue weighted by molar-refractivity contribution is 0.981. The van der Waals surface area contributed by atoms with Crippen molar-refractivity contribution < 1.29 is 0 Å². The van der Waals surface area contributed by atoms with E-state index in [1.165, 1.54) is 0 Å². The second-order valence-electron chi connectivity index (χ2n) is 3.88. The van der Waals surface area contributed by atoms with Crippen molar-refractivity contribution >= 4 is 40.8 Å². The molecule has 0 amide bonds. The van der Waals surface area contributed by atoms with Gasteiger partial charge in [-0.1, -0.05) is 12.1 Å². The number of rotatable bonds is 3. The van der Waals surface area contributed by atoms with Crippen LogP contribution in [0.1, 0.15) is 0 Å². The molecule has 3 heterocycles. The average molecular weight is 319 g/mol. The van der Waals surface area contributed by atoms with Gasteiger partial charge in [0.05, 0.1) is 0 Å². The molecule has 0 spiro atoms. The van der Waals surface area contributed by atoms with Gasteiger partial charge in [0.25, 0.3) is 0 Å². The van der Waals surface area contributed by atoms with Crippen LogP contribution in [0.3, 0.4) is 0 Å². The molecule has 0 radical (unpaired) electrons. The summed E-state index contributed by atoms with van der Waals surface area (Å²) in [7, 11) is 0. The Morgan fingerprint density at radius 3 is 1.67 bits per heavy atom. The van der Waals surface area contributed by atoms with Gasteiger partial charge in [0.2, 0.25) is 16.5 Å². The highest BCUT2D eigenvalue weighted by molar-refractivity contribution is 6.31. The Balaban J connectivity index is 2.17. The van der Waals surface area contributed by atoms with E-state index >= 15 is 0 Å². The highest BCUT2D eigenvalue weighted by Crippen LogP contribution is 2.29. The minimum absolute atomic E-state index is 0.00172. The van der Waals surface area contributed by atoms with Crippen LogP contribution in [0.4, 0.5) is 17.6 Å². The molecule has 0 aliphatic rings. The van der Waals surface area contributed by atoms with Crippen LogP contribution < -0.4 is 4.90 Å². The van der Waals surface area contributed by atoms with Crippen LogP contribution in [-0.2, 0) is 0 Å². The van der Waals surface area contributed by atoms with Gasteiger partial charge in [-0.25, -0.2) is 14.9 Å². The molecule has 0 bridgehead atoms. The lowest BCUT2D eigenvalue weighted by Gasteiger charge is -2.20. The highest BCUT2D eigenvalue weighted by Gasteiger charge is 2.18. The number of anilines is 3. The predicted octanol–water partition coefficient (Wildman–Crippen LogP) is 3.44. The molecule has 0 fully saturated rings. The normalized spacial score (nSPS) is 10.4. The van der Waals surface area contributed by atoms with Gasteiger partial charge < -0.3 is 0 Å². The molecule has 0 aromatic carbocycles. The zero-order valence-electron chi connectivity index (χ0n) is 10.6.